The molecule has 1 aromatic heterocycles. The first-order chi connectivity index (χ1) is 8.65. The number of methoxy groups -OCH3 is 1. The van der Waals surface area contributed by atoms with Crippen LogP contribution in [0.1, 0.15) is 30.2 Å². The van der Waals surface area contributed by atoms with Crippen LogP contribution >= 0.6 is 0 Å². The lowest BCUT2D eigenvalue weighted by molar-refractivity contribution is 0.374. The number of hydrogen-bond donors (Lipinski definition) is 1. The number of hydrogen-bond acceptors (Lipinski definition) is 5. The molecule has 0 spiro atoms. The summed E-state index contributed by atoms with van der Waals surface area (Å²) < 4.78 is 23.4. The second kappa shape index (κ2) is 5.14. The molecule has 0 aliphatic heterocycles. The zero-order chi connectivity index (χ0) is 13.1. The standard InChI is InChI=1S/C12H14FN3O2/c1-3-10-15-12(16-18-10)11(14)7-4-5-9(17-2)8(13)6-7/h4-6,11H,3,14H2,1-2H3. The fourth-order valence-corrected chi connectivity index (χ4v) is 1.56. The van der Waals surface area contributed by atoms with Crippen LogP contribution in [0.5, 0.6) is 5.75 Å². The van der Waals surface area contributed by atoms with Crippen LogP contribution in [0.2, 0.25) is 0 Å². The first kappa shape index (κ1) is 12.5. The first-order valence-electron chi connectivity index (χ1n) is 5.57. The highest BCUT2D eigenvalue weighted by molar-refractivity contribution is 5.33. The Labute approximate surface area is 104 Å². The lowest BCUT2D eigenvalue weighted by Gasteiger charge is -2.09. The van der Waals surface area contributed by atoms with Crippen LogP contribution in [0, 0.1) is 5.82 Å². The fraction of sp³-hybridized carbons (Fsp3) is 0.333. The van der Waals surface area contributed by atoms with Crippen LogP contribution in [-0.4, -0.2) is 17.3 Å². The van der Waals surface area contributed by atoms with Crippen molar-refractivity contribution in [1.82, 2.24) is 10.1 Å². The molecule has 0 aliphatic carbocycles. The maximum Gasteiger partial charge on any atom is 0.226 e. The lowest BCUT2D eigenvalue weighted by Crippen LogP contribution is -2.14. The minimum absolute atomic E-state index is 0.174. The van der Waals surface area contributed by atoms with Crippen molar-refractivity contribution in [2.45, 2.75) is 19.4 Å². The van der Waals surface area contributed by atoms with E-state index >= 15 is 0 Å². The molecule has 0 bridgehead atoms. The highest BCUT2D eigenvalue weighted by Crippen LogP contribution is 2.23. The van der Waals surface area contributed by atoms with E-state index in [0.29, 0.717) is 23.7 Å². The Morgan fingerprint density at radius 3 is 2.83 bits per heavy atom. The monoisotopic (exact) mass is 251 g/mol. The number of nitrogens with zero attached hydrogens (tertiary/aromatic N) is 2. The van der Waals surface area contributed by atoms with Crippen molar-refractivity contribution < 1.29 is 13.7 Å². The number of benzene rings is 1. The van der Waals surface area contributed by atoms with Gasteiger partial charge in [-0.3, -0.25) is 0 Å². The van der Waals surface area contributed by atoms with Crippen LogP contribution < -0.4 is 10.5 Å². The number of aryl methyl sites for hydroxylation is 1. The molecular formula is C12H14FN3O2. The molecule has 0 amide bonds. The van der Waals surface area contributed by atoms with E-state index in [1.54, 1.807) is 6.07 Å². The van der Waals surface area contributed by atoms with E-state index < -0.39 is 11.9 Å². The van der Waals surface area contributed by atoms with E-state index in [0.717, 1.165) is 0 Å². The Morgan fingerprint density at radius 1 is 1.50 bits per heavy atom. The molecule has 0 saturated carbocycles. The summed E-state index contributed by atoms with van der Waals surface area (Å²) in [4.78, 5) is 4.12. The normalized spacial score (nSPS) is 12.4. The van der Waals surface area contributed by atoms with Crippen molar-refractivity contribution in [3.63, 3.8) is 0 Å². The zero-order valence-corrected chi connectivity index (χ0v) is 10.2. The summed E-state index contributed by atoms with van der Waals surface area (Å²) in [7, 11) is 1.41. The number of ether oxygens (including phenoxy) is 1. The van der Waals surface area contributed by atoms with E-state index in [2.05, 4.69) is 10.1 Å². The number of nitrogens with two attached hydrogens (primary N) is 1. The summed E-state index contributed by atoms with van der Waals surface area (Å²) in [6.45, 7) is 1.90. The molecule has 2 N–H and O–H groups in total. The second-order valence-corrected chi connectivity index (χ2v) is 3.77. The Hall–Kier alpha value is -1.95. The van der Waals surface area contributed by atoms with Gasteiger partial charge in [-0.1, -0.05) is 18.1 Å². The van der Waals surface area contributed by atoms with Gasteiger partial charge in [0.2, 0.25) is 5.89 Å². The zero-order valence-electron chi connectivity index (χ0n) is 10.2. The molecule has 1 heterocycles. The smallest absolute Gasteiger partial charge is 0.226 e. The van der Waals surface area contributed by atoms with E-state index in [4.69, 9.17) is 15.0 Å². The highest BCUT2D eigenvalue weighted by atomic mass is 19.1. The summed E-state index contributed by atoms with van der Waals surface area (Å²) in [6, 6.07) is 3.89. The number of rotatable bonds is 4. The molecular weight excluding hydrogens is 237 g/mol. The molecule has 2 rings (SSSR count). The van der Waals surface area contributed by atoms with Gasteiger partial charge in [-0.05, 0) is 17.7 Å². The van der Waals surface area contributed by atoms with Crippen LogP contribution in [0.15, 0.2) is 22.7 Å². The quantitative estimate of drug-likeness (QED) is 0.897. The van der Waals surface area contributed by atoms with Crippen molar-refractivity contribution in [3.8, 4) is 5.75 Å². The van der Waals surface area contributed by atoms with Crippen molar-refractivity contribution in [3.05, 3.63) is 41.3 Å². The molecule has 0 fully saturated rings. The van der Waals surface area contributed by atoms with E-state index in [1.165, 1.54) is 19.2 Å². The van der Waals surface area contributed by atoms with Crippen LogP contribution in [-0.2, 0) is 6.42 Å². The molecule has 0 radical (unpaired) electrons. The van der Waals surface area contributed by atoms with Crippen molar-refractivity contribution in [2.24, 2.45) is 5.73 Å². The first-order valence-corrected chi connectivity index (χ1v) is 5.57. The Morgan fingerprint density at radius 2 is 2.28 bits per heavy atom. The average molecular weight is 251 g/mol. The predicted octanol–water partition coefficient (Wildman–Crippen LogP) is 1.83. The predicted molar refractivity (Wildman–Crippen MR) is 62.7 cm³/mol. The molecule has 1 aromatic carbocycles. The maximum atomic E-state index is 13.6. The van der Waals surface area contributed by atoms with E-state index in [1.807, 2.05) is 6.92 Å². The van der Waals surface area contributed by atoms with Gasteiger partial charge in [0.1, 0.15) is 0 Å². The number of aromatic nitrogens is 2. The molecule has 0 saturated heterocycles. The van der Waals surface area contributed by atoms with Crippen molar-refractivity contribution in [2.75, 3.05) is 7.11 Å². The lowest BCUT2D eigenvalue weighted by atomic mass is 10.1. The van der Waals surface area contributed by atoms with Gasteiger partial charge in [-0.25, -0.2) is 4.39 Å². The summed E-state index contributed by atoms with van der Waals surface area (Å²) in [5.41, 5.74) is 6.52. The summed E-state index contributed by atoms with van der Waals surface area (Å²) >= 11 is 0. The molecule has 1 atom stereocenters. The SMILES string of the molecule is CCc1nc(C(N)c2ccc(OC)c(F)c2)no1. The molecule has 1 unspecified atom stereocenters. The van der Waals surface area contributed by atoms with Gasteiger partial charge in [0.05, 0.1) is 13.2 Å². The largest absolute Gasteiger partial charge is 0.494 e. The maximum absolute atomic E-state index is 13.6. The Kier molecular flexibility index (Phi) is 3.57. The molecule has 2 aromatic rings. The summed E-state index contributed by atoms with van der Waals surface area (Å²) in [6.07, 6.45) is 0.636. The van der Waals surface area contributed by atoms with E-state index in [9.17, 15) is 4.39 Å². The van der Waals surface area contributed by atoms with Gasteiger partial charge >= 0.3 is 0 Å². The topological polar surface area (TPSA) is 74.2 Å². The Balaban J connectivity index is 2.27. The molecule has 18 heavy (non-hydrogen) atoms. The molecule has 96 valence electrons. The van der Waals surface area contributed by atoms with Crippen LogP contribution in [0.3, 0.4) is 0 Å². The van der Waals surface area contributed by atoms with Gasteiger partial charge in [0.15, 0.2) is 17.4 Å². The third-order valence-corrected chi connectivity index (χ3v) is 2.60. The highest BCUT2D eigenvalue weighted by Gasteiger charge is 2.17. The second-order valence-electron chi connectivity index (χ2n) is 3.77. The van der Waals surface area contributed by atoms with Crippen LogP contribution in [0.4, 0.5) is 4.39 Å². The average Bonchev–Trinajstić information content (AvgIpc) is 2.86. The van der Waals surface area contributed by atoms with Crippen LogP contribution in [0.25, 0.3) is 0 Å². The fourth-order valence-electron chi connectivity index (χ4n) is 1.56. The van der Waals surface area contributed by atoms with E-state index in [-0.39, 0.29) is 5.75 Å². The van der Waals surface area contributed by atoms with Gasteiger partial charge < -0.3 is 15.0 Å². The molecule has 5 nitrogen and oxygen atoms in total. The minimum atomic E-state index is -0.616. The van der Waals surface area contributed by atoms with Gasteiger partial charge in [0, 0.05) is 6.42 Å². The third kappa shape index (κ3) is 2.33. The summed E-state index contributed by atoms with van der Waals surface area (Å²) in [5.74, 6) is 0.559. The summed E-state index contributed by atoms with van der Waals surface area (Å²) in [5, 5.41) is 3.77. The molecule has 6 heteroatoms. The van der Waals surface area contributed by atoms with Gasteiger partial charge in [-0.15, -0.1) is 0 Å². The van der Waals surface area contributed by atoms with Gasteiger partial charge in [0.25, 0.3) is 0 Å². The number of halogens is 1. The molecule has 0 aliphatic rings. The van der Waals surface area contributed by atoms with Crippen molar-refractivity contribution in [1.29, 1.82) is 0 Å². The van der Waals surface area contributed by atoms with Crippen molar-refractivity contribution >= 4 is 0 Å². The third-order valence-electron chi connectivity index (χ3n) is 2.60. The minimum Gasteiger partial charge on any atom is -0.494 e. The Bertz CT molecular complexity index is 542. The van der Waals surface area contributed by atoms with Gasteiger partial charge in [-0.2, -0.15) is 4.98 Å².